The van der Waals surface area contributed by atoms with Crippen LogP contribution in [-0.4, -0.2) is 30.6 Å². The Labute approximate surface area is 149 Å². The molecule has 26 heavy (non-hydrogen) atoms. The second-order valence-corrected chi connectivity index (χ2v) is 6.42. The Hall–Kier alpha value is -3.48. The monoisotopic (exact) mass is 344 g/mol. The van der Waals surface area contributed by atoms with Crippen LogP contribution in [0.5, 0.6) is 0 Å². The number of hydrogen-bond donors (Lipinski definition) is 2. The molecular weight excluding hydrogens is 328 g/mol. The van der Waals surface area contributed by atoms with Crippen molar-refractivity contribution in [2.24, 2.45) is 0 Å². The number of nitrogens with zero attached hydrogens (tertiary/aromatic N) is 4. The number of para-hydroxylation sites is 2. The first-order chi connectivity index (χ1) is 12.7. The van der Waals surface area contributed by atoms with Crippen LogP contribution in [0.4, 0.5) is 5.82 Å². The van der Waals surface area contributed by atoms with Gasteiger partial charge in [-0.25, -0.2) is 4.98 Å². The predicted octanol–water partition coefficient (Wildman–Crippen LogP) is 2.93. The normalized spacial score (nSPS) is 16.5. The maximum absolute atomic E-state index is 12.4. The fraction of sp³-hybridized carbons (Fsp3) is 0.158. The number of carbonyl (C=O) groups excluding carboxylic acids is 1. The minimum Gasteiger partial charge on any atom is -0.322 e. The van der Waals surface area contributed by atoms with Crippen molar-refractivity contribution in [1.29, 1.82) is 0 Å². The van der Waals surface area contributed by atoms with Gasteiger partial charge in [0.05, 0.1) is 16.7 Å². The van der Waals surface area contributed by atoms with Gasteiger partial charge in [-0.15, -0.1) is 0 Å². The molecule has 4 aromatic rings. The minimum atomic E-state index is -0.0418. The molecule has 5 rings (SSSR count). The van der Waals surface area contributed by atoms with Crippen molar-refractivity contribution in [1.82, 2.24) is 24.7 Å². The van der Waals surface area contributed by atoms with E-state index >= 15 is 0 Å². The van der Waals surface area contributed by atoms with Gasteiger partial charge < -0.3 is 10.3 Å². The molecule has 3 aromatic heterocycles. The van der Waals surface area contributed by atoms with E-state index in [9.17, 15) is 4.79 Å². The summed E-state index contributed by atoms with van der Waals surface area (Å²) in [5, 5.41) is 7.64. The molecule has 0 aliphatic carbocycles. The lowest BCUT2D eigenvalue weighted by atomic mass is 9.86. The van der Waals surface area contributed by atoms with E-state index in [1.807, 2.05) is 43.3 Å². The highest BCUT2D eigenvalue weighted by molar-refractivity contribution is 5.95. The molecule has 1 aliphatic rings. The molecule has 1 amide bonds. The van der Waals surface area contributed by atoms with Gasteiger partial charge in [-0.3, -0.25) is 9.78 Å². The van der Waals surface area contributed by atoms with Crippen LogP contribution < -0.4 is 5.32 Å². The summed E-state index contributed by atoms with van der Waals surface area (Å²) < 4.78 is 1.69. The predicted molar refractivity (Wildman–Crippen MR) is 97.3 cm³/mol. The number of nitrogens with one attached hydrogen (secondary N) is 2. The van der Waals surface area contributed by atoms with E-state index < -0.39 is 0 Å². The highest BCUT2D eigenvalue weighted by Gasteiger charge is 2.33. The van der Waals surface area contributed by atoms with Gasteiger partial charge in [0.2, 0.25) is 11.9 Å². The number of aromatic nitrogens is 5. The first-order valence-electron chi connectivity index (χ1n) is 8.45. The van der Waals surface area contributed by atoms with Crippen molar-refractivity contribution >= 4 is 22.8 Å². The first kappa shape index (κ1) is 14.8. The van der Waals surface area contributed by atoms with Crippen molar-refractivity contribution < 1.29 is 4.79 Å². The van der Waals surface area contributed by atoms with Crippen LogP contribution in [0.2, 0.25) is 0 Å². The molecule has 1 unspecified atom stereocenters. The summed E-state index contributed by atoms with van der Waals surface area (Å²) in [4.78, 5) is 24.3. The van der Waals surface area contributed by atoms with E-state index in [1.54, 1.807) is 17.1 Å². The second-order valence-electron chi connectivity index (χ2n) is 6.42. The van der Waals surface area contributed by atoms with Crippen LogP contribution in [0.25, 0.3) is 17.0 Å². The van der Waals surface area contributed by atoms with Crippen LogP contribution >= 0.6 is 0 Å². The third-order valence-electron chi connectivity index (χ3n) is 4.79. The number of carbonyl (C=O) groups is 1. The lowest BCUT2D eigenvalue weighted by molar-refractivity contribution is -0.116. The largest absolute Gasteiger partial charge is 0.322 e. The molecule has 128 valence electrons. The van der Waals surface area contributed by atoms with Gasteiger partial charge in [-0.1, -0.05) is 12.1 Å². The topological polar surface area (TPSA) is 88.5 Å². The van der Waals surface area contributed by atoms with Gasteiger partial charge in [0.1, 0.15) is 5.82 Å². The lowest BCUT2D eigenvalue weighted by Gasteiger charge is -2.23. The second kappa shape index (κ2) is 5.52. The molecule has 0 spiro atoms. The van der Waals surface area contributed by atoms with Gasteiger partial charge in [-0.05, 0) is 36.8 Å². The molecule has 0 radical (unpaired) electrons. The van der Waals surface area contributed by atoms with Crippen molar-refractivity contribution in [2.75, 3.05) is 5.32 Å². The number of amides is 1. The van der Waals surface area contributed by atoms with E-state index in [0.29, 0.717) is 18.2 Å². The SMILES string of the molecule is Cc1nn(-c2nc3ccccc3[nH]2)c2c1C(c1ccncc1)CC(=O)N2. The maximum Gasteiger partial charge on any atom is 0.231 e. The standard InChI is InChI=1S/C19H16N6O/c1-11-17-13(12-6-8-20-9-7-12)10-16(26)23-18(17)25(24-11)19-21-14-4-2-3-5-15(14)22-19/h2-9,13H,10H2,1H3,(H,21,22)(H,23,26). The van der Waals surface area contributed by atoms with E-state index in [4.69, 9.17) is 0 Å². The van der Waals surface area contributed by atoms with Gasteiger partial charge in [0, 0.05) is 30.3 Å². The summed E-state index contributed by atoms with van der Waals surface area (Å²) in [7, 11) is 0. The number of anilines is 1. The third-order valence-corrected chi connectivity index (χ3v) is 4.79. The lowest BCUT2D eigenvalue weighted by Crippen LogP contribution is -2.25. The van der Waals surface area contributed by atoms with Crippen LogP contribution in [0.1, 0.15) is 29.2 Å². The van der Waals surface area contributed by atoms with Crippen LogP contribution in [-0.2, 0) is 4.79 Å². The van der Waals surface area contributed by atoms with E-state index in [1.165, 1.54) is 0 Å². The molecule has 0 fully saturated rings. The fourth-order valence-electron chi connectivity index (χ4n) is 3.62. The molecular formula is C19H16N6O. The van der Waals surface area contributed by atoms with Crippen molar-refractivity contribution in [2.45, 2.75) is 19.3 Å². The van der Waals surface area contributed by atoms with E-state index in [-0.39, 0.29) is 11.8 Å². The maximum atomic E-state index is 12.4. The average Bonchev–Trinajstić information content (AvgIpc) is 3.23. The van der Waals surface area contributed by atoms with Crippen LogP contribution in [0, 0.1) is 6.92 Å². The number of aromatic amines is 1. The molecule has 2 N–H and O–H groups in total. The molecule has 0 saturated heterocycles. The summed E-state index contributed by atoms with van der Waals surface area (Å²) in [6, 6.07) is 11.7. The number of fused-ring (bicyclic) bond motifs is 2. The zero-order valence-electron chi connectivity index (χ0n) is 14.1. The number of pyridine rings is 1. The Morgan fingerprint density at radius 2 is 1.96 bits per heavy atom. The Kier molecular flexibility index (Phi) is 3.15. The molecule has 1 aromatic carbocycles. The summed E-state index contributed by atoms with van der Waals surface area (Å²) in [5.41, 5.74) is 4.75. The van der Waals surface area contributed by atoms with Gasteiger partial charge >= 0.3 is 0 Å². The third kappa shape index (κ3) is 2.21. The Morgan fingerprint density at radius 3 is 2.77 bits per heavy atom. The number of H-pyrrole nitrogens is 1. The molecule has 0 bridgehead atoms. The summed E-state index contributed by atoms with van der Waals surface area (Å²) in [6.07, 6.45) is 3.89. The molecule has 4 heterocycles. The van der Waals surface area contributed by atoms with Crippen molar-refractivity contribution in [3.63, 3.8) is 0 Å². The summed E-state index contributed by atoms with van der Waals surface area (Å²) in [6.45, 7) is 1.96. The Balaban J connectivity index is 1.69. The van der Waals surface area contributed by atoms with Crippen molar-refractivity contribution in [3.8, 4) is 5.95 Å². The first-order valence-corrected chi connectivity index (χ1v) is 8.45. The number of hydrogen-bond acceptors (Lipinski definition) is 4. The summed E-state index contributed by atoms with van der Waals surface area (Å²) >= 11 is 0. The Bertz CT molecular complexity index is 1090. The fourth-order valence-corrected chi connectivity index (χ4v) is 3.62. The number of aryl methyl sites for hydroxylation is 1. The van der Waals surface area contributed by atoms with E-state index in [2.05, 4.69) is 25.4 Å². The zero-order chi connectivity index (χ0) is 17.7. The summed E-state index contributed by atoms with van der Waals surface area (Å²) in [5.74, 6) is 1.20. The zero-order valence-corrected chi connectivity index (χ0v) is 14.1. The van der Waals surface area contributed by atoms with Gasteiger partial charge in [-0.2, -0.15) is 9.78 Å². The van der Waals surface area contributed by atoms with E-state index in [0.717, 1.165) is 27.9 Å². The van der Waals surface area contributed by atoms with Crippen LogP contribution in [0.15, 0.2) is 48.8 Å². The molecule has 1 atom stereocenters. The number of imidazole rings is 1. The molecule has 0 saturated carbocycles. The average molecular weight is 344 g/mol. The van der Waals surface area contributed by atoms with Crippen molar-refractivity contribution in [3.05, 3.63) is 65.6 Å². The smallest absolute Gasteiger partial charge is 0.231 e. The molecule has 7 heteroatoms. The number of rotatable bonds is 2. The highest BCUT2D eigenvalue weighted by Crippen LogP contribution is 2.39. The van der Waals surface area contributed by atoms with Gasteiger partial charge in [0.15, 0.2) is 0 Å². The minimum absolute atomic E-state index is 0.0310. The quantitative estimate of drug-likeness (QED) is 0.585. The Morgan fingerprint density at radius 1 is 1.15 bits per heavy atom. The molecule has 7 nitrogen and oxygen atoms in total. The highest BCUT2D eigenvalue weighted by atomic mass is 16.1. The van der Waals surface area contributed by atoms with Gasteiger partial charge in [0.25, 0.3) is 0 Å². The van der Waals surface area contributed by atoms with Crippen LogP contribution in [0.3, 0.4) is 0 Å². The molecule has 1 aliphatic heterocycles. The number of benzene rings is 1.